The van der Waals surface area contributed by atoms with Crippen molar-refractivity contribution in [2.75, 3.05) is 0 Å². The Kier molecular flexibility index (Phi) is 6.95. The lowest BCUT2D eigenvalue weighted by Gasteiger charge is -2.40. The van der Waals surface area contributed by atoms with Gasteiger partial charge in [-0.25, -0.2) is 9.78 Å². The second kappa shape index (κ2) is 8.47. The van der Waals surface area contributed by atoms with Crippen LogP contribution in [0.1, 0.15) is 59.7 Å². The number of aromatic nitrogens is 2. The predicted octanol–water partition coefficient (Wildman–Crippen LogP) is 3.88. The van der Waals surface area contributed by atoms with Gasteiger partial charge in [0, 0.05) is 0 Å². The summed E-state index contributed by atoms with van der Waals surface area (Å²) in [6.45, 7) is 11.6. The van der Waals surface area contributed by atoms with E-state index in [-0.39, 0.29) is 12.0 Å². The SMILES string of the molecule is CC.CC/C=C\C1=C(C)C(n2cncc2/C=N\O)C(C)(C)OC1=O. The van der Waals surface area contributed by atoms with Crippen LogP contribution in [-0.2, 0) is 9.53 Å². The summed E-state index contributed by atoms with van der Waals surface area (Å²) in [6, 6.07) is -0.225. The van der Waals surface area contributed by atoms with Gasteiger partial charge in [0.05, 0.1) is 36.0 Å². The molecule has 1 aliphatic rings. The number of hydrogen-bond acceptors (Lipinski definition) is 5. The van der Waals surface area contributed by atoms with Gasteiger partial charge in [-0.15, -0.1) is 0 Å². The summed E-state index contributed by atoms with van der Waals surface area (Å²) in [6.07, 6.45) is 9.13. The van der Waals surface area contributed by atoms with Gasteiger partial charge in [0.1, 0.15) is 5.60 Å². The van der Waals surface area contributed by atoms with Crippen LogP contribution < -0.4 is 0 Å². The molecule has 0 aromatic carbocycles. The number of ether oxygens (including phenoxy) is 1. The van der Waals surface area contributed by atoms with Crippen molar-refractivity contribution in [2.45, 2.75) is 59.6 Å². The first-order valence-corrected chi connectivity index (χ1v) is 8.22. The van der Waals surface area contributed by atoms with Crippen LogP contribution in [0.25, 0.3) is 0 Å². The van der Waals surface area contributed by atoms with Gasteiger partial charge in [-0.05, 0) is 32.8 Å². The Hall–Kier alpha value is -2.37. The molecule has 0 saturated carbocycles. The average molecular weight is 333 g/mol. The third-order valence-corrected chi connectivity index (χ3v) is 3.75. The number of carbonyl (C=O) groups is 1. The van der Waals surface area contributed by atoms with Crippen LogP contribution in [0.4, 0.5) is 0 Å². The molecule has 1 aromatic rings. The van der Waals surface area contributed by atoms with E-state index in [4.69, 9.17) is 9.94 Å². The highest BCUT2D eigenvalue weighted by molar-refractivity contribution is 5.94. The lowest BCUT2D eigenvalue weighted by atomic mass is 9.86. The lowest BCUT2D eigenvalue weighted by molar-refractivity contribution is -0.157. The standard InChI is InChI=1S/C16H21N3O3.C2H6/c1-5-6-7-13-11(2)14(16(3,4)22-15(13)20)19-10-17-8-12(19)9-18-21;1-2/h6-10,14,21H,5H2,1-4H3;1-2H3/b7-6-,18-9-;. The second-order valence-corrected chi connectivity index (χ2v) is 5.77. The first-order chi connectivity index (χ1) is 11.4. The smallest absolute Gasteiger partial charge is 0.338 e. The number of hydrogen-bond donors (Lipinski definition) is 1. The van der Waals surface area contributed by atoms with Gasteiger partial charge in [-0.2, -0.15) is 0 Å². The Morgan fingerprint density at radius 3 is 2.71 bits per heavy atom. The molecule has 1 N–H and O–H groups in total. The summed E-state index contributed by atoms with van der Waals surface area (Å²) in [4.78, 5) is 16.3. The Labute approximate surface area is 143 Å². The lowest BCUT2D eigenvalue weighted by Crippen LogP contribution is -2.43. The van der Waals surface area contributed by atoms with E-state index in [1.807, 2.05) is 52.2 Å². The molecule has 6 heteroatoms. The number of oxime groups is 1. The quantitative estimate of drug-likeness (QED) is 0.393. The van der Waals surface area contributed by atoms with E-state index in [1.165, 1.54) is 6.21 Å². The molecule has 1 atom stereocenters. The number of esters is 1. The highest BCUT2D eigenvalue weighted by Gasteiger charge is 2.42. The topological polar surface area (TPSA) is 76.7 Å². The van der Waals surface area contributed by atoms with E-state index < -0.39 is 5.60 Å². The number of imidazole rings is 1. The molecular formula is C18H27N3O3. The van der Waals surface area contributed by atoms with Crippen molar-refractivity contribution in [2.24, 2.45) is 5.16 Å². The number of cyclic esters (lactones) is 1. The summed E-state index contributed by atoms with van der Waals surface area (Å²) in [5, 5.41) is 11.9. The molecule has 132 valence electrons. The Morgan fingerprint density at radius 2 is 2.12 bits per heavy atom. The maximum atomic E-state index is 12.2. The molecule has 0 radical (unpaired) electrons. The normalized spacial score (nSPS) is 20.2. The molecule has 1 aromatic heterocycles. The van der Waals surface area contributed by atoms with E-state index >= 15 is 0 Å². The third-order valence-electron chi connectivity index (χ3n) is 3.75. The number of carbonyl (C=O) groups excluding carboxylic acids is 1. The maximum Gasteiger partial charge on any atom is 0.338 e. The van der Waals surface area contributed by atoms with Gasteiger partial charge in [-0.1, -0.05) is 38.1 Å². The van der Waals surface area contributed by atoms with Crippen molar-refractivity contribution in [3.63, 3.8) is 0 Å². The van der Waals surface area contributed by atoms with Gasteiger partial charge < -0.3 is 14.5 Å². The van der Waals surface area contributed by atoms with E-state index in [2.05, 4.69) is 10.1 Å². The van der Waals surface area contributed by atoms with Gasteiger partial charge >= 0.3 is 5.97 Å². The Morgan fingerprint density at radius 1 is 1.46 bits per heavy atom. The molecule has 0 aliphatic carbocycles. The van der Waals surface area contributed by atoms with Crippen molar-refractivity contribution < 1.29 is 14.7 Å². The molecule has 0 saturated heterocycles. The molecule has 0 bridgehead atoms. The maximum absolute atomic E-state index is 12.2. The zero-order chi connectivity index (χ0) is 18.3. The van der Waals surface area contributed by atoms with Gasteiger partial charge in [0.15, 0.2) is 0 Å². The fourth-order valence-electron chi connectivity index (χ4n) is 2.85. The van der Waals surface area contributed by atoms with Crippen molar-refractivity contribution >= 4 is 12.2 Å². The molecule has 24 heavy (non-hydrogen) atoms. The van der Waals surface area contributed by atoms with Gasteiger partial charge in [0.25, 0.3) is 0 Å². The van der Waals surface area contributed by atoms with Crippen molar-refractivity contribution in [1.82, 2.24) is 9.55 Å². The highest BCUT2D eigenvalue weighted by atomic mass is 16.6. The van der Waals surface area contributed by atoms with Crippen LogP contribution >= 0.6 is 0 Å². The highest BCUT2D eigenvalue weighted by Crippen LogP contribution is 2.40. The molecular weight excluding hydrogens is 306 g/mol. The van der Waals surface area contributed by atoms with Gasteiger partial charge in [0.2, 0.25) is 0 Å². The predicted molar refractivity (Wildman–Crippen MR) is 94.3 cm³/mol. The summed E-state index contributed by atoms with van der Waals surface area (Å²) in [7, 11) is 0. The zero-order valence-electron chi connectivity index (χ0n) is 15.3. The fraction of sp³-hybridized carbons (Fsp3) is 0.500. The van der Waals surface area contributed by atoms with Crippen molar-refractivity contribution in [1.29, 1.82) is 0 Å². The zero-order valence-corrected chi connectivity index (χ0v) is 15.3. The van der Waals surface area contributed by atoms with Crippen molar-refractivity contribution in [3.8, 4) is 0 Å². The average Bonchev–Trinajstić information content (AvgIpc) is 2.96. The first kappa shape index (κ1) is 19.7. The van der Waals surface area contributed by atoms with E-state index in [0.717, 1.165) is 12.0 Å². The minimum Gasteiger partial charge on any atom is -0.453 e. The molecule has 6 nitrogen and oxygen atoms in total. The van der Waals surface area contributed by atoms with Crippen LogP contribution in [0, 0.1) is 0 Å². The Bertz CT molecular complexity index is 654. The molecule has 1 unspecified atom stereocenters. The summed E-state index contributed by atoms with van der Waals surface area (Å²) in [5.41, 5.74) is 1.36. The largest absolute Gasteiger partial charge is 0.453 e. The summed E-state index contributed by atoms with van der Waals surface area (Å²) < 4.78 is 7.47. The second-order valence-electron chi connectivity index (χ2n) is 5.77. The van der Waals surface area contributed by atoms with Crippen LogP contribution in [0.2, 0.25) is 0 Å². The minimum absolute atomic E-state index is 0.225. The fourth-order valence-corrected chi connectivity index (χ4v) is 2.85. The number of nitrogens with zero attached hydrogens (tertiary/aromatic N) is 3. The molecule has 0 fully saturated rings. The van der Waals surface area contributed by atoms with Crippen LogP contribution in [0.15, 0.2) is 41.0 Å². The van der Waals surface area contributed by atoms with E-state index in [0.29, 0.717) is 11.3 Å². The molecule has 1 aliphatic heterocycles. The third kappa shape index (κ3) is 3.93. The Balaban J connectivity index is 0.00000139. The molecule has 2 heterocycles. The summed E-state index contributed by atoms with van der Waals surface area (Å²) >= 11 is 0. The number of rotatable bonds is 4. The van der Waals surface area contributed by atoms with Crippen LogP contribution in [-0.4, -0.2) is 32.5 Å². The first-order valence-electron chi connectivity index (χ1n) is 8.22. The molecule has 2 rings (SSSR count). The number of allylic oxidation sites excluding steroid dienone is 1. The minimum atomic E-state index is -0.733. The van der Waals surface area contributed by atoms with Crippen LogP contribution in [0.3, 0.4) is 0 Å². The summed E-state index contributed by atoms with van der Waals surface area (Å²) in [5.74, 6) is -0.319. The van der Waals surface area contributed by atoms with E-state index in [1.54, 1.807) is 18.6 Å². The van der Waals surface area contributed by atoms with Crippen molar-refractivity contribution in [3.05, 3.63) is 41.5 Å². The van der Waals surface area contributed by atoms with Crippen LogP contribution in [0.5, 0.6) is 0 Å². The van der Waals surface area contributed by atoms with Gasteiger partial charge in [-0.3, -0.25) is 0 Å². The molecule has 0 spiro atoms. The monoisotopic (exact) mass is 333 g/mol. The van der Waals surface area contributed by atoms with E-state index in [9.17, 15) is 4.79 Å². The molecule has 0 amide bonds.